The molecule has 1 amide bonds. The molecule has 1 atom stereocenters. The molecular formula is C14H19ClN2O3S. The number of anilines is 1. The molecule has 1 aromatic carbocycles. The van der Waals surface area contributed by atoms with Crippen molar-refractivity contribution in [2.45, 2.75) is 31.6 Å². The van der Waals surface area contributed by atoms with E-state index < -0.39 is 16.8 Å². The lowest BCUT2D eigenvalue weighted by Crippen LogP contribution is -2.47. The molecule has 5 nitrogen and oxygen atoms in total. The SMILES string of the molecule is Cc1ccc(NC(=O)CSC(C)(C)[C@H](N)C(=O)O)cc1Cl. The quantitative estimate of drug-likeness (QED) is 0.745. The molecule has 116 valence electrons. The first kappa shape index (κ1) is 17.8. The van der Waals surface area contributed by atoms with Crippen molar-refractivity contribution < 1.29 is 14.7 Å². The van der Waals surface area contributed by atoms with Crippen molar-refractivity contribution in [3.63, 3.8) is 0 Å². The molecule has 0 aromatic heterocycles. The van der Waals surface area contributed by atoms with Gasteiger partial charge in [0, 0.05) is 15.5 Å². The highest BCUT2D eigenvalue weighted by atomic mass is 35.5. The maximum atomic E-state index is 11.9. The van der Waals surface area contributed by atoms with Crippen LogP contribution in [0.3, 0.4) is 0 Å². The lowest BCUT2D eigenvalue weighted by Gasteiger charge is -2.27. The number of carbonyl (C=O) groups is 2. The van der Waals surface area contributed by atoms with Crippen LogP contribution in [-0.2, 0) is 9.59 Å². The molecule has 7 heteroatoms. The number of amides is 1. The Morgan fingerprint density at radius 3 is 2.62 bits per heavy atom. The first-order valence-corrected chi connectivity index (χ1v) is 7.68. The Hall–Kier alpha value is -1.24. The van der Waals surface area contributed by atoms with Gasteiger partial charge in [-0.05, 0) is 38.5 Å². The molecule has 1 aromatic rings. The lowest BCUT2D eigenvalue weighted by molar-refractivity contribution is -0.139. The Balaban J connectivity index is 2.58. The Morgan fingerprint density at radius 2 is 2.10 bits per heavy atom. The van der Waals surface area contributed by atoms with E-state index in [1.807, 2.05) is 13.0 Å². The van der Waals surface area contributed by atoms with E-state index in [0.717, 1.165) is 5.56 Å². The third kappa shape index (κ3) is 5.22. The number of hydrogen-bond donors (Lipinski definition) is 3. The van der Waals surface area contributed by atoms with Gasteiger partial charge in [0.15, 0.2) is 0 Å². The number of nitrogens with two attached hydrogens (primary N) is 1. The third-order valence-corrected chi connectivity index (χ3v) is 4.86. The summed E-state index contributed by atoms with van der Waals surface area (Å²) in [5, 5.41) is 12.2. The van der Waals surface area contributed by atoms with Gasteiger partial charge in [-0.15, -0.1) is 11.8 Å². The molecule has 0 heterocycles. The summed E-state index contributed by atoms with van der Waals surface area (Å²) in [6.45, 7) is 5.28. The van der Waals surface area contributed by atoms with E-state index in [1.54, 1.807) is 26.0 Å². The van der Waals surface area contributed by atoms with E-state index in [2.05, 4.69) is 5.32 Å². The van der Waals surface area contributed by atoms with Crippen LogP contribution in [0, 0.1) is 6.92 Å². The van der Waals surface area contributed by atoms with E-state index in [0.29, 0.717) is 10.7 Å². The van der Waals surface area contributed by atoms with Crippen molar-refractivity contribution in [1.29, 1.82) is 0 Å². The zero-order valence-corrected chi connectivity index (χ0v) is 13.7. The second-order valence-electron chi connectivity index (χ2n) is 5.22. The Bertz CT molecular complexity index is 549. The number of carbonyl (C=O) groups excluding carboxylic acids is 1. The average molecular weight is 331 g/mol. The highest BCUT2D eigenvalue weighted by Crippen LogP contribution is 2.27. The molecule has 0 unspecified atom stereocenters. The molecular weight excluding hydrogens is 312 g/mol. The molecule has 0 aliphatic carbocycles. The van der Waals surface area contributed by atoms with E-state index in [4.69, 9.17) is 22.4 Å². The number of aryl methyl sites for hydroxylation is 1. The maximum absolute atomic E-state index is 11.9. The van der Waals surface area contributed by atoms with Crippen LogP contribution in [0.1, 0.15) is 19.4 Å². The molecule has 21 heavy (non-hydrogen) atoms. The number of halogens is 1. The summed E-state index contributed by atoms with van der Waals surface area (Å²) in [5.41, 5.74) is 7.14. The molecule has 0 bridgehead atoms. The van der Waals surface area contributed by atoms with Gasteiger partial charge in [-0.3, -0.25) is 9.59 Å². The first-order chi connectivity index (χ1) is 9.63. The van der Waals surface area contributed by atoms with E-state index in [9.17, 15) is 9.59 Å². The Labute approximate surface area is 133 Å². The molecule has 0 radical (unpaired) electrons. The summed E-state index contributed by atoms with van der Waals surface area (Å²) >= 11 is 7.18. The van der Waals surface area contributed by atoms with Crippen molar-refractivity contribution >= 4 is 40.9 Å². The normalized spacial score (nSPS) is 12.8. The number of hydrogen-bond acceptors (Lipinski definition) is 4. The summed E-state index contributed by atoms with van der Waals surface area (Å²) in [5.74, 6) is -1.21. The van der Waals surface area contributed by atoms with Crippen LogP contribution < -0.4 is 11.1 Å². The van der Waals surface area contributed by atoms with Gasteiger partial charge in [0.25, 0.3) is 0 Å². The van der Waals surface area contributed by atoms with E-state index >= 15 is 0 Å². The van der Waals surface area contributed by atoms with Gasteiger partial charge >= 0.3 is 5.97 Å². The van der Waals surface area contributed by atoms with Gasteiger partial charge in [0.2, 0.25) is 5.91 Å². The van der Waals surface area contributed by atoms with Crippen LogP contribution in [0.5, 0.6) is 0 Å². The summed E-state index contributed by atoms with van der Waals surface area (Å²) in [7, 11) is 0. The van der Waals surface area contributed by atoms with E-state index in [1.165, 1.54) is 11.8 Å². The number of thioether (sulfide) groups is 1. The zero-order valence-electron chi connectivity index (χ0n) is 12.1. The largest absolute Gasteiger partial charge is 0.480 e. The minimum absolute atomic E-state index is 0.111. The second kappa shape index (κ2) is 7.15. The molecule has 4 N–H and O–H groups in total. The van der Waals surface area contributed by atoms with Gasteiger partial charge in [-0.25, -0.2) is 0 Å². The second-order valence-corrected chi connectivity index (χ2v) is 7.26. The van der Waals surface area contributed by atoms with E-state index in [-0.39, 0.29) is 11.7 Å². The molecule has 0 spiro atoms. The number of carboxylic acids is 1. The molecule has 0 saturated heterocycles. The van der Waals surface area contributed by atoms with Crippen LogP contribution in [0.2, 0.25) is 5.02 Å². The fraction of sp³-hybridized carbons (Fsp3) is 0.429. The number of benzene rings is 1. The Morgan fingerprint density at radius 1 is 1.48 bits per heavy atom. The Kier molecular flexibility index (Phi) is 6.07. The smallest absolute Gasteiger partial charge is 0.321 e. The van der Waals surface area contributed by atoms with Crippen molar-refractivity contribution in [2.24, 2.45) is 5.73 Å². The highest BCUT2D eigenvalue weighted by molar-refractivity contribution is 8.01. The van der Waals surface area contributed by atoms with Crippen molar-refractivity contribution in [2.75, 3.05) is 11.1 Å². The fourth-order valence-corrected chi connectivity index (χ4v) is 2.54. The number of carboxylic acid groups (broad SMARTS) is 1. The molecule has 0 fully saturated rings. The highest BCUT2D eigenvalue weighted by Gasteiger charge is 2.33. The summed E-state index contributed by atoms with van der Waals surface area (Å²) < 4.78 is -0.742. The summed E-state index contributed by atoms with van der Waals surface area (Å²) in [6, 6.07) is 4.21. The van der Waals surface area contributed by atoms with Gasteiger partial charge < -0.3 is 16.2 Å². The predicted octanol–water partition coefficient (Wildman–Crippen LogP) is 2.51. The minimum Gasteiger partial charge on any atom is -0.480 e. The third-order valence-electron chi connectivity index (χ3n) is 3.05. The molecule has 0 aliphatic rings. The predicted molar refractivity (Wildman–Crippen MR) is 87.0 cm³/mol. The van der Waals surface area contributed by atoms with Crippen molar-refractivity contribution in [3.05, 3.63) is 28.8 Å². The molecule has 1 rings (SSSR count). The van der Waals surface area contributed by atoms with Gasteiger partial charge in [-0.1, -0.05) is 17.7 Å². The van der Waals surface area contributed by atoms with Crippen LogP contribution in [0.15, 0.2) is 18.2 Å². The monoisotopic (exact) mass is 330 g/mol. The minimum atomic E-state index is -1.08. The zero-order chi connectivity index (χ0) is 16.2. The lowest BCUT2D eigenvalue weighted by atomic mass is 10.1. The van der Waals surface area contributed by atoms with Gasteiger partial charge in [0.1, 0.15) is 6.04 Å². The van der Waals surface area contributed by atoms with Crippen LogP contribution in [-0.4, -0.2) is 33.5 Å². The van der Waals surface area contributed by atoms with Crippen molar-refractivity contribution in [3.8, 4) is 0 Å². The maximum Gasteiger partial charge on any atom is 0.321 e. The average Bonchev–Trinajstić information content (AvgIpc) is 2.40. The van der Waals surface area contributed by atoms with Gasteiger partial charge in [-0.2, -0.15) is 0 Å². The number of rotatable bonds is 6. The molecule has 0 saturated carbocycles. The van der Waals surface area contributed by atoms with Crippen LogP contribution in [0.25, 0.3) is 0 Å². The summed E-state index contributed by atoms with van der Waals surface area (Å²) in [4.78, 5) is 22.8. The number of aliphatic carboxylic acids is 1. The fourth-order valence-electron chi connectivity index (χ4n) is 1.51. The van der Waals surface area contributed by atoms with Crippen molar-refractivity contribution in [1.82, 2.24) is 0 Å². The summed E-state index contributed by atoms with van der Waals surface area (Å²) in [6.07, 6.45) is 0. The van der Waals surface area contributed by atoms with Gasteiger partial charge in [0.05, 0.1) is 5.75 Å². The van der Waals surface area contributed by atoms with Crippen LogP contribution >= 0.6 is 23.4 Å². The standard InChI is InChI=1S/C14H19ClN2O3S/c1-8-4-5-9(6-10(8)15)17-11(18)7-21-14(2,3)12(16)13(19)20/h4-6,12H,7,16H2,1-3H3,(H,17,18)(H,19,20)/t12-/m1/s1. The number of nitrogens with one attached hydrogen (secondary N) is 1. The topological polar surface area (TPSA) is 92.4 Å². The van der Waals surface area contributed by atoms with Crippen LogP contribution in [0.4, 0.5) is 5.69 Å². The molecule has 0 aliphatic heterocycles. The first-order valence-electron chi connectivity index (χ1n) is 6.32.